The Hall–Kier alpha value is -2.24. The van der Waals surface area contributed by atoms with Gasteiger partial charge in [-0.25, -0.2) is 0 Å². The van der Waals surface area contributed by atoms with Crippen LogP contribution in [0.3, 0.4) is 0 Å². The third-order valence-electron chi connectivity index (χ3n) is 5.07. The van der Waals surface area contributed by atoms with Gasteiger partial charge in [-0.15, -0.1) is 0 Å². The largest absolute Gasteiger partial charge is 0.454 e. The zero-order valence-corrected chi connectivity index (χ0v) is 13.7. The Balaban J connectivity index is 1.49. The van der Waals surface area contributed by atoms with Crippen LogP contribution in [-0.4, -0.2) is 47.5 Å². The predicted octanol–water partition coefficient (Wildman–Crippen LogP) is 1.92. The van der Waals surface area contributed by atoms with E-state index in [0.717, 1.165) is 37.2 Å². The monoisotopic (exact) mass is 330 g/mol. The molecule has 6 nitrogen and oxygen atoms in total. The zero-order valence-electron chi connectivity index (χ0n) is 13.7. The fourth-order valence-electron chi connectivity index (χ4n) is 3.75. The van der Waals surface area contributed by atoms with Crippen LogP contribution >= 0.6 is 0 Å². The summed E-state index contributed by atoms with van der Waals surface area (Å²) in [5, 5.41) is 0. The lowest BCUT2D eigenvalue weighted by Gasteiger charge is -2.32. The van der Waals surface area contributed by atoms with Crippen molar-refractivity contribution in [2.24, 2.45) is 0 Å². The molecular formula is C18H22N2O4. The van der Waals surface area contributed by atoms with E-state index in [1.54, 1.807) is 4.90 Å². The summed E-state index contributed by atoms with van der Waals surface area (Å²) in [6.45, 7) is 2.32. The second-order valence-electron chi connectivity index (χ2n) is 6.65. The molecule has 24 heavy (non-hydrogen) atoms. The first-order valence-electron chi connectivity index (χ1n) is 8.69. The Morgan fingerprint density at radius 3 is 2.75 bits per heavy atom. The molecule has 1 aromatic carbocycles. The van der Waals surface area contributed by atoms with E-state index in [0.29, 0.717) is 25.1 Å². The van der Waals surface area contributed by atoms with Crippen molar-refractivity contribution in [3.8, 4) is 11.5 Å². The molecule has 128 valence electrons. The van der Waals surface area contributed by atoms with Crippen LogP contribution in [0.15, 0.2) is 18.2 Å². The fraction of sp³-hybridized carbons (Fsp3) is 0.556. The van der Waals surface area contributed by atoms with Crippen LogP contribution in [0, 0.1) is 0 Å². The lowest BCUT2D eigenvalue weighted by Crippen LogP contribution is -2.48. The summed E-state index contributed by atoms with van der Waals surface area (Å²) in [5.74, 6) is 1.61. The van der Waals surface area contributed by atoms with Crippen molar-refractivity contribution in [2.45, 2.75) is 44.7 Å². The second kappa shape index (κ2) is 6.34. The molecule has 1 atom stereocenters. The van der Waals surface area contributed by atoms with Crippen LogP contribution in [0.4, 0.5) is 0 Å². The van der Waals surface area contributed by atoms with E-state index < -0.39 is 0 Å². The Morgan fingerprint density at radius 2 is 1.92 bits per heavy atom. The summed E-state index contributed by atoms with van der Waals surface area (Å²) < 4.78 is 10.7. The highest BCUT2D eigenvalue weighted by Crippen LogP contribution is 2.33. The van der Waals surface area contributed by atoms with Gasteiger partial charge in [-0.3, -0.25) is 9.59 Å². The molecule has 0 saturated carbocycles. The summed E-state index contributed by atoms with van der Waals surface area (Å²) in [6.07, 6.45) is 4.39. The summed E-state index contributed by atoms with van der Waals surface area (Å²) >= 11 is 0. The molecule has 3 heterocycles. The minimum atomic E-state index is -0.318. The van der Waals surface area contributed by atoms with E-state index in [1.807, 2.05) is 23.1 Å². The number of hydrogen-bond acceptors (Lipinski definition) is 4. The predicted molar refractivity (Wildman–Crippen MR) is 86.6 cm³/mol. The molecule has 0 aliphatic carbocycles. The lowest BCUT2D eigenvalue weighted by atomic mass is 10.1. The molecular weight excluding hydrogens is 308 g/mol. The van der Waals surface area contributed by atoms with Crippen LogP contribution in [0.25, 0.3) is 0 Å². The number of carbonyl (C=O) groups is 2. The van der Waals surface area contributed by atoms with Crippen molar-refractivity contribution in [1.82, 2.24) is 9.80 Å². The summed E-state index contributed by atoms with van der Waals surface area (Å²) in [6, 6.07) is 5.37. The number of rotatable bonds is 3. The number of amides is 2. The number of carbonyl (C=O) groups excluding carboxylic acids is 2. The van der Waals surface area contributed by atoms with Crippen molar-refractivity contribution < 1.29 is 19.1 Å². The third-order valence-corrected chi connectivity index (χ3v) is 5.07. The average Bonchev–Trinajstić information content (AvgIpc) is 3.22. The summed E-state index contributed by atoms with van der Waals surface area (Å²) in [7, 11) is 0. The first-order valence-corrected chi connectivity index (χ1v) is 8.69. The van der Waals surface area contributed by atoms with E-state index in [9.17, 15) is 9.59 Å². The first-order chi connectivity index (χ1) is 11.7. The molecule has 0 bridgehead atoms. The van der Waals surface area contributed by atoms with Crippen molar-refractivity contribution in [2.75, 3.05) is 19.9 Å². The van der Waals surface area contributed by atoms with Crippen LogP contribution in [0.5, 0.6) is 11.5 Å². The van der Waals surface area contributed by atoms with Gasteiger partial charge in [0, 0.05) is 26.1 Å². The van der Waals surface area contributed by atoms with Gasteiger partial charge in [0.2, 0.25) is 18.6 Å². The number of piperidine rings is 1. The molecule has 0 spiro atoms. The van der Waals surface area contributed by atoms with Crippen molar-refractivity contribution in [3.05, 3.63) is 23.8 Å². The first kappa shape index (κ1) is 15.3. The Kier molecular flexibility index (Phi) is 4.04. The second-order valence-corrected chi connectivity index (χ2v) is 6.65. The molecule has 1 aromatic rings. The zero-order chi connectivity index (χ0) is 16.5. The smallest absolute Gasteiger partial charge is 0.245 e. The van der Waals surface area contributed by atoms with Gasteiger partial charge in [0.05, 0.1) is 0 Å². The number of likely N-dealkylation sites (tertiary alicyclic amines) is 2. The summed E-state index contributed by atoms with van der Waals surface area (Å²) in [4.78, 5) is 28.8. The van der Waals surface area contributed by atoms with Crippen LogP contribution in [0.2, 0.25) is 0 Å². The van der Waals surface area contributed by atoms with Crippen molar-refractivity contribution >= 4 is 11.8 Å². The molecule has 6 heteroatoms. The number of ether oxygens (including phenoxy) is 2. The van der Waals surface area contributed by atoms with Gasteiger partial charge in [0.15, 0.2) is 11.5 Å². The Labute approximate surface area is 141 Å². The van der Waals surface area contributed by atoms with Gasteiger partial charge in [-0.05, 0) is 43.4 Å². The molecule has 0 unspecified atom stereocenters. The highest BCUT2D eigenvalue weighted by Gasteiger charge is 2.38. The molecule has 3 aliphatic rings. The van der Waals surface area contributed by atoms with E-state index >= 15 is 0 Å². The molecule has 2 saturated heterocycles. The van der Waals surface area contributed by atoms with Gasteiger partial charge in [0.1, 0.15) is 6.04 Å². The van der Waals surface area contributed by atoms with Crippen LogP contribution in [-0.2, 0) is 16.1 Å². The SMILES string of the molecule is O=C([C@@H]1CCC(=O)N1Cc1ccc2c(c1)OCO2)N1CCCCC1. The van der Waals surface area contributed by atoms with Crippen molar-refractivity contribution in [3.63, 3.8) is 0 Å². The van der Waals surface area contributed by atoms with E-state index in [2.05, 4.69) is 0 Å². The molecule has 0 N–H and O–H groups in total. The van der Waals surface area contributed by atoms with E-state index in [1.165, 1.54) is 6.42 Å². The Morgan fingerprint density at radius 1 is 1.12 bits per heavy atom. The summed E-state index contributed by atoms with van der Waals surface area (Å²) in [5.41, 5.74) is 0.964. The maximum atomic E-state index is 12.8. The van der Waals surface area contributed by atoms with Crippen LogP contribution < -0.4 is 9.47 Å². The quantitative estimate of drug-likeness (QED) is 0.849. The molecule has 0 aromatic heterocycles. The van der Waals surface area contributed by atoms with E-state index in [-0.39, 0.29) is 24.6 Å². The lowest BCUT2D eigenvalue weighted by molar-refractivity contribution is -0.142. The molecule has 0 radical (unpaired) electrons. The standard InChI is InChI=1S/C18H22N2O4/c21-17-7-5-14(18(22)19-8-2-1-3-9-19)20(17)11-13-4-6-15-16(10-13)24-12-23-15/h4,6,10,14H,1-3,5,7-9,11-12H2/t14-/m0/s1. The van der Waals surface area contributed by atoms with Gasteiger partial charge in [-0.2, -0.15) is 0 Å². The van der Waals surface area contributed by atoms with E-state index in [4.69, 9.17) is 9.47 Å². The molecule has 2 amide bonds. The molecule has 3 aliphatic heterocycles. The number of benzene rings is 1. The minimum absolute atomic E-state index is 0.0584. The molecule has 2 fully saturated rings. The maximum Gasteiger partial charge on any atom is 0.245 e. The minimum Gasteiger partial charge on any atom is -0.454 e. The highest BCUT2D eigenvalue weighted by molar-refractivity contribution is 5.91. The third kappa shape index (κ3) is 2.81. The maximum absolute atomic E-state index is 12.8. The number of hydrogen-bond donors (Lipinski definition) is 0. The Bertz CT molecular complexity index is 654. The van der Waals surface area contributed by atoms with Crippen LogP contribution in [0.1, 0.15) is 37.7 Å². The number of nitrogens with zero attached hydrogens (tertiary/aromatic N) is 2. The highest BCUT2D eigenvalue weighted by atomic mass is 16.7. The average molecular weight is 330 g/mol. The van der Waals surface area contributed by atoms with Gasteiger partial charge in [0.25, 0.3) is 0 Å². The van der Waals surface area contributed by atoms with Crippen molar-refractivity contribution in [1.29, 1.82) is 0 Å². The normalized spacial score (nSPS) is 23.0. The molecule has 4 rings (SSSR count). The van der Waals surface area contributed by atoms with Gasteiger partial charge in [-0.1, -0.05) is 6.07 Å². The number of fused-ring (bicyclic) bond motifs is 1. The van der Waals surface area contributed by atoms with Gasteiger partial charge >= 0.3 is 0 Å². The van der Waals surface area contributed by atoms with Gasteiger partial charge < -0.3 is 19.3 Å². The fourth-order valence-corrected chi connectivity index (χ4v) is 3.75. The topological polar surface area (TPSA) is 59.1 Å².